The fourth-order valence-corrected chi connectivity index (χ4v) is 2.92. The zero-order valence-electron chi connectivity index (χ0n) is 10.6. The molecule has 3 unspecified atom stereocenters. The molecule has 0 aromatic carbocycles. The predicted octanol–water partition coefficient (Wildman–Crippen LogP) is 1.82. The largest absolute Gasteiger partial charge is 0.305 e. The maximum Gasteiger partial charge on any atom is 0.0254 e. The molecule has 0 aromatic rings. The molecule has 2 nitrogen and oxygen atoms in total. The van der Waals surface area contributed by atoms with E-state index in [-0.39, 0.29) is 0 Å². The molecule has 1 aliphatic rings. The van der Waals surface area contributed by atoms with E-state index in [1.54, 1.807) is 0 Å². The number of likely N-dealkylation sites (N-methyl/N-ethyl adjacent to an activating group) is 1. The maximum absolute atomic E-state index is 4.42. The zero-order chi connectivity index (χ0) is 11.4. The molecule has 0 saturated carbocycles. The van der Waals surface area contributed by atoms with Crippen LogP contribution in [-0.2, 0) is 0 Å². The van der Waals surface area contributed by atoms with Crippen molar-refractivity contribution in [1.29, 1.82) is 0 Å². The second kappa shape index (κ2) is 6.12. The van der Waals surface area contributed by atoms with E-state index in [0.717, 1.165) is 23.6 Å². The van der Waals surface area contributed by atoms with Crippen molar-refractivity contribution >= 4 is 12.6 Å². The first kappa shape index (κ1) is 13.3. The van der Waals surface area contributed by atoms with E-state index in [9.17, 15) is 0 Å². The van der Waals surface area contributed by atoms with E-state index in [2.05, 4.69) is 50.4 Å². The van der Waals surface area contributed by atoms with Crippen molar-refractivity contribution in [3.8, 4) is 0 Å². The molecule has 1 saturated heterocycles. The van der Waals surface area contributed by atoms with Gasteiger partial charge in [-0.3, -0.25) is 0 Å². The molecule has 3 atom stereocenters. The van der Waals surface area contributed by atoms with Gasteiger partial charge in [-0.15, -0.1) is 0 Å². The minimum atomic E-state index is 0.738. The van der Waals surface area contributed by atoms with Crippen molar-refractivity contribution < 1.29 is 0 Å². The summed E-state index contributed by atoms with van der Waals surface area (Å²) in [6, 6.07) is 0.738. The predicted molar refractivity (Wildman–Crippen MR) is 70.7 cm³/mol. The molecule has 1 aliphatic heterocycles. The van der Waals surface area contributed by atoms with Gasteiger partial charge in [-0.1, -0.05) is 20.3 Å². The molecule has 15 heavy (non-hydrogen) atoms. The lowest BCUT2D eigenvalue weighted by atomic mass is 10.1. The maximum atomic E-state index is 4.42. The minimum Gasteiger partial charge on any atom is -0.305 e. The summed E-state index contributed by atoms with van der Waals surface area (Å²) in [5.41, 5.74) is 0. The number of hydrogen-bond donors (Lipinski definition) is 1. The third-order valence-electron chi connectivity index (χ3n) is 3.66. The summed E-state index contributed by atoms with van der Waals surface area (Å²) in [6.07, 6.45) is 1.25. The molecule has 90 valence electrons. The summed E-state index contributed by atoms with van der Waals surface area (Å²) in [5.74, 6) is 2.59. The molecule has 0 radical (unpaired) electrons. The Morgan fingerprint density at radius 2 is 2.07 bits per heavy atom. The Hall–Kier alpha value is 0.270. The van der Waals surface area contributed by atoms with Gasteiger partial charge in [0.25, 0.3) is 0 Å². The van der Waals surface area contributed by atoms with Crippen LogP contribution in [0.25, 0.3) is 0 Å². The first-order chi connectivity index (χ1) is 7.08. The van der Waals surface area contributed by atoms with E-state index in [1.807, 2.05) is 0 Å². The Morgan fingerprint density at radius 3 is 2.47 bits per heavy atom. The highest BCUT2D eigenvalue weighted by atomic mass is 32.1. The highest BCUT2D eigenvalue weighted by Gasteiger charge is 2.31. The summed E-state index contributed by atoms with van der Waals surface area (Å²) < 4.78 is 0. The van der Waals surface area contributed by atoms with E-state index in [1.165, 1.54) is 26.1 Å². The van der Waals surface area contributed by atoms with Crippen LogP contribution in [-0.4, -0.2) is 55.3 Å². The summed E-state index contributed by atoms with van der Waals surface area (Å²) in [5, 5.41) is 0. The topological polar surface area (TPSA) is 6.48 Å². The van der Waals surface area contributed by atoms with Crippen molar-refractivity contribution in [2.24, 2.45) is 11.8 Å². The van der Waals surface area contributed by atoms with Crippen molar-refractivity contribution in [1.82, 2.24) is 9.80 Å². The van der Waals surface area contributed by atoms with Crippen LogP contribution >= 0.6 is 12.6 Å². The van der Waals surface area contributed by atoms with Crippen molar-refractivity contribution in [2.75, 3.05) is 39.5 Å². The average molecular weight is 230 g/mol. The molecular weight excluding hydrogens is 204 g/mol. The Labute approximate surface area is 100 Å². The second-order valence-corrected chi connectivity index (χ2v) is 5.55. The van der Waals surface area contributed by atoms with Crippen molar-refractivity contribution in [3.63, 3.8) is 0 Å². The molecule has 1 heterocycles. The number of hydrogen-bond acceptors (Lipinski definition) is 3. The Kier molecular flexibility index (Phi) is 5.44. The second-order valence-electron chi connectivity index (χ2n) is 5.18. The lowest BCUT2D eigenvalue weighted by Crippen LogP contribution is -2.35. The molecule has 0 spiro atoms. The fraction of sp³-hybridized carbons (Fsp3) is 1.00. The quantitative estimate of drug-likeness (QED) is 0.720. The van der Waals surface area contributed by atoms with Gasteiger partial charge in [-0.05, 0) is 31.7 Å². The van der Waals surface area contributed by atoms with Crippen LogP contribution in [0.1, 0.15) is 20.3 Å². The average Bonchev–Trinajstić information content (AvgIpc) is 2.56. The van der Waals surface area contributed by atoms with Crippen LogP contribution in [0.4, 0.5) is 0 Å². The van der Waals surface area contributed by atoms with Crippen molar-refractivity contribution in [3.05, 3.63) is 0 Å². The van der Waals surface area contributed by atoms with Gasteiger partial charge >= 0.3 is 0 Å². The monoisotopic (exact) mass is 230 g/mol. The van der Waals surface area contributed by atoms with Crippen molar-refractivity contribution in [2.45, 2.75) is 26.3 Å². The molecule has 3 heteroatoms. The highest BCUT2D eigenvalue weighted by Crippen LogP contribution is 2.21. The van der Waals surface area contributed by atoms with E-state index in [0.29, 0.717) is 0 Å². The molecule has 0 N–H and O–H groups in total. The van der Waals surface area contributed by atoms with E-state index >= 15 is 0 Å². The number of likely N-dealkylation sites (tertiary alicyclic amines) is 1. The number of thiol groups is 1. The van der Waals surface area contributed by atoms with Gasteiger partial charge in [0.05, 0.1) is 0 Å². The Bertz CT molecular complexity index is 178. The third-order valence-corrected chi connectivity index (χ3v) is 4.18. The van der Waals surface area contributed by atoms with Gasteiger partial charge < -0.3 is 9.80 Å². The summed E-state index contributed by atoms with van der Waals surface area (Å²) in [7, 11) is 4.39. The summed E-state index contributed by atoms with van der Waals surface area (Å²) >= 11 is 4.42. The standard InChI is InChI=1S/C12H26N2S/c1-5-11(9-15)7-14-6-10(2)12(8-14)13(3)4/h10-12,15H,5-9H2,1-4H3. The molecule has 0 aliphatic carbocycles. The van der Waals surface area contributed by atoms with Crippen LogP contribution in [0.2, 0.25) is 0 Å². The van der Waals surface area contributed by atoms with Crippen LogP contribution in [0.15, 0.2) is 0 Å². The Morgan fingerprint density at radius 1 is 1.40 bits per heavy atom. The van der Waals surface area contributed by atoms with Gasteiger partial charge in [0.15, 0.2) is 0 Å². The zero-order valence-corrected chi connectivity index (χ0v) is 11.5. The van der Waals surface area contributed by atoms with E-state index < -0.39 is 0 Å². The van der Waals surface area contributed by atoms with Gasteiger partial charge in [0.2, 0.25) is 0 Å². The summed E-state index contributed by atoms with van der Waals surface area (Å²) in [6.45, 7) is 8.36. The van der Waals surface area contributed by atoms with Crippen LogP contribution < -0.4 is 0 Å². The molecule has 0 amide bonds. The molecule has 0 bridgehead atoms. The van der Waals surface area contributed by atoms with Crippen LogP contribution in [0.5, 0.6) is 0 Å². The lowest BCUT2D eigenvalue weighted by Gasteiger charge is -2.24. The highest BCUT2D eigenvalue weighted by molar-refractivity contribution is 7.80. The SMILES string of the molecule is CCC(CS)CN1CC(C)C(N(C)C)C1. The minimum absolute atomic E-state index is 0.738. The fourth-order valence-electron chi connectivity index (χ4n) is 2.55. The smallest absolute Gasteiger partial charge is 0.0254 e. The molecular formula is C12H26N2S. The number of nitrogens with zero attached hydrogens (tertiary/aromatic N) is 2. The Balaban J connectivity index is 2.40. The first-order valence-corrected chi connectivity index (χ1v) is 6.71. The molecule has 1 fully saturated rings. The lowest BCUT2D eigenvalue weighted by molar-refractivity contribution is 0.241. The number of rotatable bonds is 5. The van der Waals surface area contributed by atoms with Gasteiger partial charge in [0.1, 0.15) is 0 Å². The first-order valence-electron chi connectivity index (χ1n) is 6.08. The van der Waals surface area contributed by atoms with Gasteiger partial charge in [-0.2, -0.15) is 12.6 Å². The van der Waals surface area contributed by atoms with Crippen LogP contribution in [0.3, 0.4) is 0 Å². The van der Waals surface area contributed by atoms with E-state index in [4.69, 9.17) is 0 Å². The molecule has 0 aromatic heterocycles. The van der Waals surface area contributed by atoms with Gasteiger partial charge in [0, 0.05) is 25.7 Å². The third kappa shape index (κ3) is 3.65. The summed E-state index contributed by atoms with van der Waals surface area (Å²) in [4.78, 5) is 4.98. The van der Waals surface area contributed by atoms with Gasteiger partial charge in [-0.25, -0.2) is 0 Å². The molecule has 1 rings (SSSR count). The normalized spacial score (nSPS) is 30.0. The van der Waals surface area contributed by atoms with Crippen LogP contribution in [0, 0.1) is 11.8 Å².